The number of rotatable bonds is 7. The van der Waals surface area contributed by atoms with E-state index in [2.05, 4.69) is 25.4 Å². The molecule has 5 heterocycles. The number of hydrogen-bond donors (Lipinski definition) is 1. The summed E-state index contributed by atoms with van der Waals surface area (Å²) in [6.45, 7) is 0.369. The van der Waals surface area contributed by atoms with Crippen LogP contribution in [0.2, 0.25) is 4.34 Å². The van der Waals surface area contributed by atoms with E-state index in [1.807, 2.05) is 12.1 Å². The van der Waals surface area contributed by atoms with Crippen molar-refractivity contribution < 1.29 is 9.21 Å². The van der Waals surface area contributed by atoms with Crippen LogP contribution in [0, 0.1) is 11.3 Å². The fourth-order valence-electron chi connectivity index (χ4n) is 3.42. The van der Waals surface area contributed by atoms with E-state index in [-0.39, 0.29) is 29.3 Å². The highest BCUT2D eigenvalue weighted by Crippen LogP contribution is 2.25. The van der Waals surface area contributed by atoms with Crippen molar-refractivity contribution in [1.29, 1.82) is 5.26 Å². The zero-order valence-corrected chi connectivity index (χ0v) is 19.9. The quantitative estimate of drug-likeness (QED) is 0.342. The van der Waals surface area contributed by atoms with Gasteiger partial charge in [0.05, 0.1) is 29.2 Å². The molecule has 0 aliphatic heterocycles. The van der Waals surface area contributed by atoms with Gasteiger partial charge in [-0.05, 0) is 30.3 Å². The number of aromatic nitrogens is 6. The molecule has 0 spiro atoms. The third-order valence-electron chi connectivity index (χ3n) is 5.10. The molecule has 0 amide bonds. The fourth-order valence-corrected chi connectivity index (χ4v) is 4.45. The number of thiophene rings is 1. The predicted molar refractivity (Wildman–Crippen MR) is 131 cm³/mol. The van der Waals surface area contributed by atoms with Gasteiger partial charge in [0, 0.05) is 23.3 Å². The first-order valence-electron chi connectivity index (χ1n) is 10.4. The first-order chi connectivity index (χ1) is 17.5. The van der Waals surface area contributed by atoms with Crippen LogP contribution in [0.3, 0.4) is 0 Å². The van der Waals surface area contributed by atoms with Crippen LogP contribution in [0.25, 0.3) is 11.3 Å². The molecule has 13 heteroatoms. The molecule has 0 aliphatic carbocycles. The predicted octanol–water partition coefficient (Wildman–Crippen LogP) is 3.43. The zero-order chi connectivity index (χ0) is 25.1. The normalized spacial score (nSPS) is 10.8. The van der Waals surface area contributed by atoms with E-state index < -0.39 is 11.5 Å². The Morgan fingerprint density at radius 1 is 1.22 bits per heavy atom. The van der Waals surface area contributed by atoms with Gasteiger partial charge in [-0.1, -0.05) is 11.6 Å². The lowest BCUT2D eigenvalue weighted by atomic mass is 10.2. The first kappa shape index (κ1) is 23.2. The van der Waals surface area contributed by atoms with Crippen LogP contribution < -0.4 is 10.9 Å². The number of nitrogens with zero attached hydrogens (tertiary/aromatic N) is 7. The molecular weight excluding hydrogens is 504 g/mol. The van der Waals surface area contributed by atoms with Gasteiger partial charge in [0.2, 0.25) is 5.76 Å². The van der Waals surface area contributed by atoms with Crippen molar-refractivity contribution in [3.63, 3.8) is 0 Å². The number of carbonyl (C=O) groups is 1. The average molecular weight is 519 g/mol. The van der Waals surface area contributed by atoms with Crippen molar-refractivity contribution in [2.45, 2.75) is 13.1 Å². The van der Waals surface area contributed by atoms with Gasteiger partial charge in [0.15, 0.2) is 6.39 Å². The molecule has 0 unspecified atom stereocenters. The maximum Gasteiger partial charge on any atom is 0.317 e. The highest BCUT2D eigenvalue weighted by Gasteiger charge is 2.22. The molecule has 0 aromatic carbocycles. The number of halogens is 1. The Morgan fingerprint density at radius 3 is 2.75 bits per heavy atom. The van der Waals surface area contributed by atoms with Crippen LogP contribution in [0.5, 0.6) is 0 Å². The molecule has 0 saturated carbocycles. The molecular formula is C23H15ClN8O3S. The average Bonchev–Trinajstić information content (AvgIpc) is 3.66. The van der Waals surface area contributed by atoms with E-state index in [4.69, 9.17) is 16.0 Å². The van der Waals surface area contributed by atoms with Gasteiger partial charge in [0.1, 0.15) is 29.1 Å². The standard InChI is InChI=1S/C23H15ClN8O3S/c24-19-5-3-15(36-19)10-29-21-8-17(30-32(21)23(34)18-11-26-13-35-18)16-4-2-14(9-25)31(22(16)33)12-20-27-6-1-7-28-20/h1-8,11,13,29H,10,12H2. The lowest BCUT2D eigenvalue weighted by Crippen LogP contribution is -2.25. The van der Waals surface area contributed by atoms with E-state index in [0.717, 1.165) is 16.0 Å². The number of oxazole rings is 1. The number of nitriles is 1. The van der Waals surface area contributed by atoms with E-state index in [1.54, 1.807) is 30.6 Å². The number of carbonyl (C=O) groups excluding carboxylic acids is 1. The molecule has 0 aliphatic rings. The Balaban J connectivity index is 1.56. The fraction of sp³-hybridized carbons (Fsp3) is 0.0870. The van der Waals surface area contributed by atoms with Crippen molar-refractivity contribution in [3.8, 4) is 17.3 Å². The van der Waals surface area contributed by atoms with Gasteiger partial charge in [-0.3, -0.25) is 14.2 Å². The van der Waals surface area contributed by atoms with Gasteiger partial charge in [0.25, 0.3) is 5.56 Å². The summed E-state index contributed by atoms with van der Waals surface area (Å²) >= 11 is 7.42. The van der Waals surface area contributed by atoms with Crippen LogP contribution >= 0.6 is 22.9 Å². The molecule has 5 aromatic heterocycles. The van der Waals surface area contributed by atoms with Crippen molar-refractivity contribution >= 4 is 34.7 Å². The summed E-state index contributed by atoms with van der Waals surface area (Å²) in [5, 5.41) is 17.1. The second-order valence-electron chi connectivity index (χ2n) is 7.36. The molecule has 5 aromatic rings. The number of anilines is 1. The Hall–Kier alpha value is -4.60. The van der Waals surface area contributed by atoms with Crippen LogP contribution in [-0.4, -0.2) is 35.2 Å². The summed E-state index contributed by atoms with van der Waals surface area (Å²) in [5.41, 5.74) is 0.0826. The van der Waals surface area contributed by atoms with Crippen LogP contribution in [0.1, 0.15) is 27.0 Å². The van der Waals surface area contributed by atoms with E-state index in [1.165, 1.54) is 34.2 Å². The summed E-state index contributed by atoms with van der Waals surface area (Å²) in [6.07, 6.45) is 5.53. The Kier molecular flexibility index (Phi) is 6.40. The molecule has 0 atom stereocenters. The van der Waals surface area contributed by atoms with E-state index in [0.29, 0.717) is 22.5 Å². The van der Waals surface area contributed by atoms with Gasteiger partial charge < -0.3 is 9.73 Å². The summed E-state index contributed by atoms with van der Waals surface area (Å²) in [7, 11) is 0. The van der Waals surface area contributed by atoms with Gasteiger partial charge in [-0.25, -0.2) is 15.0 Å². The highest BCUT2D eigenvalue weighted by atomic mass is 35.5. The minimum atomic E-state index is -0.572. The number of nitrogens with one attached hydrogen (secondary N) is 1. The molecule has 0 bridgehead atoms. The third kappa shape index (κ3) is 4.65. The van der Waals surface area contributed by atoms with Crippen LogP contribution in [-0.2, 0) is 13.1 Å². The lowest BCUT2D eigenvalue weighted by Gasteiger charge is -2.08. The molecule has 0 saturated heterocycles. The lowest BCUT2D eigenvalue weighted by molar-refractivity contribution is 0.0920. The van der Waals surface area contributed by atoms with Gasteiger partial charge in [-0.15, -0.1) is 11.3 Å². The maximum atomic E-state index is 13.4. The minimum Gasteiger partial charge on any atom is -0.438 e. The first-order valence-corrected chi connectivity index (χ1v) is 11.6. The minimum absolute atomic E-state index is 0.00163. The Labute approximate surface area is 212 Å². The van der Waals surface area contributed by atoms with Gasteiger partial charge in [-0.2, -0.15) is 15.0 Å². The van der Waals surface area contributed by atoms with Crippen molar-refractivity contribution in [1.82, 2.24) is 29.3 Å². The second-order valence-corrected chi connectivity index (χ2v) is 9.16. The van der Waals surface area contributed by atoms with Gasteiger partial charge >= 0.3 is 5.91 Å². The monoisotopic (exact) mass is 518 g/mol. The van der Waals surface area contributed by atoms with Crippen LogP contribution in [0.4, 0.5) is 5.82 Å². The highest BCUT2D eigenvalue weighted by molar-refractivity contribution is 7.16. The summed E-state index contributed by atoms with van der Waals surface area (Å²) in [5.74, 6) is 0.108. The Morgan fingerprint density at radius 2 is 2.06 bits per heavy atom. The molecule has 36 heavy (non-hydrogen) atoms. The maximum absolute atomic E-state index is 13.4. The van der Waals surface area contributed by atoms with Crippen molar-refractivity contribution in [2.75, 3.05) is 5.32 Å². The molecule has 11 nitrogen and oxygen atoms in total. The van der Waals surface area contributed by atoms with Crippen LogP contribution in [0.15, 0.2) is 70.6 Å². The summed E-state index contributed by atoms with van der Waals surface area (Å²) in [6, 6.07) is 11.9. The second kappa shape index (κ2) is 9.95. The van der Waals surface area contributed by atoms with E-state index in [9.17, 15) is 14.9 Å². The Bertz CT molecular complexity index is 1630. The molecule has 5 rings (SSSR count). The van der Waals surface area contributed by atoms with Crippen molar-refractivity contribution in [3.05, 3.63) is 98.2 Å². The summed E-state index contributed by atoms with van der Waals surface area (Å²) in [4.78, 5) is 39.5. The smallest absolute Gasteiger partial charge is 0.317 e. The SMILES string of the molecule is N#Cc1ccc(-c2cc(NCc3ccc(Cl)s3)n(C(=O)c3cnco3)n2)c(=O)n1Cc1ncccn1. The molecule has 0 fully saturated rings. The zero-order valence-electron chi connectivity index (χ0n) is 18.3. The van der Waals surface area contributed by atoms with E-state index >= 15 is 0 Å². The molecule has 1 N–H and O–H groups in total. The van der Waals surface area contributed by atoms with Crippen molar-refractivity contribution in [2.24, 2.45) is 0 Å². The molecule has 178 valence electrons. The number of hydrogen-bond acceptors (Lipinski definition) is 10. The number of pyridine rings is 1. The summed E-state index contributed by atoms with van der Waals surface area (Å²) < 4.78 is 8.15. The molecule has 0 radical (unpaired) electrons. The largest absolute Gasteiger partial charge is 0.438 e. The third-order valence-corrected chi connectivity index (χ3v) is 6.33. The topological polar surface area (TPSA) is 145 Å².